The summed E-state index contributed by atoms with van der Waals surface area (Å²) in [7, 11) is 1.60. The first-order valence-corrected chi connectivity index (χ1v) is 12.0. The number of nitrogens with zero attached hydrogens (tertiary/aromatic N) is 3. The van der Waals surface area contributed by atoms with Crippen LogP contribution in [0.25, 0.3) is 5.69 Å². The molecule has 0 atom stereocenters. The SMILES string of the molecule is COc1ccc(CNc2nc3c(c(=O)n2-c2ccccc2)CN(C(=O)Nc2cc(F)ccc2F)CC3)cc1. The largest absolute Gasteiger partial charge is 0.497 e. The van der Waals surface area contributed by atoms with E-state index in [0.29, 0.717) is 35.9 Å². The van der Waals surface area contributed by atoms with E-state index in [2.05, 4.69) is 10.6 Å². The van der Waals surface area contributed by atoms with E-state index in [1.54, 1.807) is 19.2 Å². The molecule has 0 saturated heterocycles. The van der Waals surface area contributed by atoms with Crippen LogP contribution in [0.4, 0.5) is 25.2 Å². The topological polar surface area (TPSA) is 88.5 Å². The Morgan fingerprint density at radius 2 is 1.82 bits per heavy atom. The van der Waals surface area contributed by atoms with Crippen molar-refractivity contribution in [1.82, 2.24) is 14.5 Å². The zero-order valence-corrected chi connectivity index (χ0v) is 20.6. The number of halogens is 2. The number of fused-ring (bicyclic) bond motifs is 1. The van der Waals surface area contributed by atoms with Gasteiger partial charge in [-0.1, -0.05) is 30.3 Å². The molecule has 2 amide bonds. The average Bonchev–Trinajstić information content (AvgIpc) is 2.94. The Kier molecular flexibility index (Phi) is 7.03. The van der Waals surface area contributed by atoms with E-state index in [9.17, 15) is 18.4 Å². The van der Waals surface area contributed by atoms with Gasteiger partial charge in [-0.15, -0.1) is 0 Å². The number of anilines is 2. The minimum absolute atomic E-state index is 0.0183. The van der Waals surface area contributed by atoms with Crippen molar-refractivity contribution >= 4 is 17.7 Å². The van der Waals surface area contributed by atoms with Crippen molar-refractivity contribution in [3.05, 3.63) is 112 Å². The van der Waals surface area contributed by atoms with Gasteiger partial charge in [-0.3, -0.25) is 4.79 Å². The Balaban J connectivity index is 1.44. The molecule has 3 aromatic carbocycles. The monoisotopic (exact) mass is 517 g/mol. The molecule has 1 aliphatic heterocycles. The number of benzene rings is 3. The van der Waals surface area contributed by atoms with Crippen LogP contribution < -0.4 is 20.9 Å². The van der Waals surface area contributed by atoms with Crippen LogP contribution in [0, 0.1) is 11.6 Å². The molecule has 194 valence electrons. The first-order valence-electron chi connectivity index (χ1n) is 12.0. The number of hydrogen-bond donors (Lipinski definition) is 2. The lowest BCUT2D eigenvalue weighted by Crippen LogP contribution is -2.43. The summed E-state index contributed by atoms with van der Waals surface area (Å²) < 4.78 is 34.3. The van der Waals surface area contributed by atoms with Crippen molar-refractivity contribution in [3.8, 4) is 11.4 Å². The van der Waals surface area contributed by atoms with E-state index >= 15 is 0 Å². The summed E-state index contributed by atoms with van der Waals surface area (Å²) in [6, 6.07) is 18.9. The van der Waals surface area contributed by atoms with Gasteiger partial charge in [0.15, 0.2) is 0 Å². The van der Waals surface area contributed by atoms with Crippen LogP contribution in [-0.2, 0) is 19.5 Å². The molecular formula is C28H25F2N5O3. The Hall–Kier alpha value is -4.73. The number of para-hydroxylation sites is 1. The van der Waals surface area contributed by atoms with E-state index < -0.39 is 17.7 Å². The van der Waals surface area contributed by atoms with Gasteiger partial charge in [0.05, 0.1) is 36.3 Å². The van der Waals surface area contributed by atoms with Crippen LogP contribution in [-0.4, -0.2) is 34.1 Å². The Bertz CT molecular complexity index is 1520. The summed E-state index contributed by atoms with van der Waals surface area (Å²) in [5, 5.41) is 5.67. The van der Waals surface area contributed by atoms with Crippen LogP contribution in [0.2, 0.25) is 0 Å². The number of hydrogen-bond acceptors (Lipinski definition) is 5. The third-order valence-electron chi connectivity index (χ3n) is 6.31. The van der Waals surface area contributed by atoms with Gasteiger partial charge < -0.3 is 20.3 Å². The van der Waals surface area contributed by atoms with Crippen LogP contribution in [0.1, 0.15) is 16.8 Å². The molecule has 4 aromatic rings. The van der Waals surface area contributed by atoms with Crippen molar-refractivity contribution in [3.63, 3.8) is 0 Å². The molecule has 0 fully saturated rings. The number of methoxy groups -OCH3 is 1. The maximum atomic E-state index is 14.0. The summed E-state index contributed by atoms with van der Waals surface area (Å²) in [4.78, 5) is 32.8. The van der Waals surface area contributed by atoms with E-state index in [-0.39, 0.29) is 24.3 Å². The van der Waals surface area contributed by atoms with E-state index in [1.807, 2.05) is 42.5 Å². The zero-order valence-electron chi connectivity index (χ0n) is 20.6. The van der Waals surface area contributed by atoms with E-state index in [1.165, 1.54) is 9.47 Å². The quantitative estimate of drug-likeness (QED) is 0.386. The van der Waals surface area contributed by atoms with Gasteiger partial charge in [-0.25, -0.2) is 23.1 Å². The molecule has 5 rings (SSSR count). The van der Waals surface area contributed by atoms with Gasteiger partial charge in [0.1, 0.15) is 17.4 Å². The number of nitrogens with one attached hydrogen (secondary N) is 2. The molecule has 0 saturated carbocycles. The van der Waals surface area contributed by atoms with Crippen LogP contribution >= 0.6 is 0 Å². The fourth-order valence-electron chi connectivity index (χ4n) is 4.30. The van der Waals surface area contributed by atoms with Crippen molar-refractivity contribution < 1.29 is 18.3 Å². The smallest absolute Gasteiger partial charge is 0.322 e. The predicted molar refractivity (Wildman–Crippen MR) is 140 cm³/mol. The molecule has 0 aliphatic carbocycles. The number of carbonyl (C=O) groups is 1. The summed E-state index contributed by atoms with van der Waals surface area (Å²) in [5.41, 5.74) is 1.97. The summed E-state index contributed by atoms with van der Waals surface area (Å²) in [6.07, 6.45) is 0.330. The van der Waals surface area contributed by atoms with Gasteiger partial charge in [-0.05, 0) is 42.0 Å². The molecule has 2 heterocycles. The molecule has 38 heavy (non-hydrogen) atoms. The van der Waals surface area contributed by atoms with E-state index in [0.717, 1.165) is 29.5 Å². The van der Waals surface area contributed by atoms with Crippen molar-refractivity contribution in [2.45, 2.75) is 19.5 Å². The lowest BCUT2D eigenvalue weighted by atomic mass is 10.1. The second-order valence-electron chi connectivity index (χ2n) is 8.76. The molecular weight excluding hydrogens is 492 g/mol. The van der Waals surface area contributed by atoms with Crippen LogP contribution in [0.5, 0.6) is 5.75 Å². The fourth-order valence-corrected chi connectivity index (χ4v) is 4.30. The second-order valence-corrected chi connectivity index (χ2v) is 8.76. The van der Waals surface area contributed by atoms with E-state index in [4.69, 9.17) is 9.72 Å². The maximum Gasteiger partial charge on any atom is 0.322 e. The molecule has 0 spiro atoms. The molecule has 0 radical (unpaired) electrons. The normalized spacial score (nSPS) is 12.6. The number of carbonyl (C=O) groups excluding carboxylic acids is 1. The van der Waals surface area contributed by atoms with Crippen molar-refractivity contribution in [1.29, 1.82) is 0 Å². The third kappa shape index (κ3) is 5.19. The summed E-state index contributed by atoms with van der Waals surface area (Å²) >= 11 is 0. The minimum Gasteiger partial charge on any atom is -0.497 e. The number of aromatic nitrogens is 2. The van der Waals surface area contributed by atoms with Crippen LogP contribution in [0.15, 0.2) is 77.6 Å². The first-order chi connectivity index (χ1) is 18.4. The molecule has 0 unspecified atom stereocenters. The zero-order chi connectivity index (χ0) is 26.6. The number of rotatable bonds is 6. The molecule has 1 aromatic heterocycles. The van der Waals surface area contributed by atoms with Gasteiger partial charge >= 0.3 is 6.03 Å². The lowest BCUT2D eigenvalue weighted by Gasteiger charge is -2.29. The summed E-state index contributed by atoms with van der Waals surface area (Å²) in [5.74, 6) is -0.292. The minimum atomic E-state index is -0.752. The average molecular weight is 518 g/mol. The van der Waals surface area contributed by atoms with Gasteiger partial charge in [-0.2, -0.15) is 0 Å². The Labute approximate surface area is 217 Å². The molecule has 2 N–H and O–H groups in total. The van der Waals surface area contributed by atoms with Crippen molar-refractivity contribution in [2.75, 3.05) is 24.3 Å². The summed E-state index contributed by atoms with van der Waals surface area (Å²) in [6.45, 7) is 0.667. The first kappa shape index (κ1) is 24.9. The molecule has 8 nitrogen and oxygen atoms in total. The van der Waals surface area contributed by atoms with Gasteiger partial charge in [0, 0.05) is 25.6 Å². The lowest BCUT2D eigenvalue weighted by molar-refractivity contribution is 0.205. The highest BCUT2D eigenvalue weighted by molar-refractivity contribution is 5.89. The number of ether oxygens (including phenoxy) is 1. The highest BCUT2D eigenvalue weighted by Gasteiger charge is 2.27. The van der Waals surface area contributed by atoms with Gasteiger partial charge in [0.2, 0.25) is 5.95 Å². The maximum absolute atomic E-state index is 14.0. The van der Waals surface area contributed by atoms with Gasteiger partial charge in [0.25, 0.3) is 5.56 Å². The molecule has 1 aliphatic rings. The number of urea groups is 1. The third-order valence-corrected chi connectivity index (χ3v) is 6.31. The second kappa shape index (κ2) is 10.7. The predicted octanol–water partition coefficient (Wildman–Crippen LogP) is 4.72. The Morgan fingerprint density at radius 3 is 2.55 bits per heavy atom. The standard InChI is InChI=1S/C28H25F2N5O3/c1-38-21-10-7-18(8-11-21)16-31-27-32-24-13-14-34(28(37)33-25-15-19(29)9-12-23(25)30)17-22(24)26(36)35(27)20-5-3-2-4-6-20/h2-12,15H,13-14,16-17H2,1H3,(H,31,32)(H,33,37). The fraction of sp³-hybridized carbons (Fsp3) is 0.179. The Morgan fingerprint density at radius 1 is 1.05 bits per heavy atom. The van der Waals surface area contributed by atoms with Crippen molar-refractivity contribution in [2.24, 2.45) is 0 Å². The highest BCUT2D eigenvalue weighted by Crippen LogP contribution is 2.22. The highest BCUT2D eigenvalue weighted by atomic mass is 19.1. The van der Waals surface area contributed by atoms with Crippen LogP contribution in [0.3, 0.4) is 0 Å². The number of amides is 2. The molecule has 0 bridgehead atoms. The molecule has 10 heteroatoms.